The fourth-order valence-corrected chi connectivity index (χ4v) is 2.79. The summed E-state index contributed by atoms with van der Waals surface area (Å²) in [5, 5.41) is 2.71. The van der Waals surface area contributed by atoms with Crippen LogP contribution in [0.15, 0.2) is 73.1 Å². The fraction of sp³-hybridized carbons (Fsp3) is 0.0476. The molecule has 2 aromatic heterocycles. The highest BCUT2D eigenvalue weighted by molar-refractivity contribution is 6.04. The number of carbonyl (C=O) groups excluding carboxylic acids is 1. The molecule has 0 unspecified atom stereocenters. The first-order valence-electron chi connectivity index (χ1n) is 8.22. The Morgan fingerprint density at radius 1 is 1.08 bits per heavy atom. The summed E-state index contributed by atoms with van der Waals surface area (Å²) < 4.78 is 15.7. The van der Waals surface area contributed by atoms with Gasteiger partial charge in [-0.25, -0.2) is 9.37 Å². The predicted octanol–water partition coefficient (Wildman–Crippen LogP) is 4.70. The summed E-state index contributed by atoms with van der Waals surface area (Å²) in [6.45, 7) is 2.03. The number of halogens is 1. The zero-order valence-corrected chi connectivity index (χ0v) is 14.1. The van der Waals surface area contributed by atoms with Crippen LogP contribution in [0.25, 0.3) is 16.9 Å². The molecule has 1 N–H and O–H groups in total. The number of imidazole rings is 1. The molecular formula is C21H16FN3O. The molecular weight excluding hydrogens is 329 g/mol. The summed E-state index contributed by atoms with van der Waals surface area (Å²) in [4.78, 5) is 16.8. The Kier molecular flexibility index (Phi) is 3.97. The molecule has 128 valence electrons. The van der Waals surface area contributed by atoms with Crippen molar-refractivity contribution in [3.05, 3.63) is 90.0 Å². The highest BCUT2D eigenvalue weighted by Gasteiger charge is 2.11. The molecule has 2 aromatic carbocycles. The van der Waals surface area contributed by atoms with Crippen molar-refractivity contribution in [3.63, 3.8) is 0 Å². The third-order valence-corrected chi connectivity index (χ3v) is 4.17. The van der Waals surface area contributed by atoms with Gasteiger partial charge in [0.15, 0.2) is 0 Å². The van der Waals surface area contributed by atoms with Crippen molar-refractivity contribution in [2.75, 3.05) is 5.32 Å². The zero-order valence-electron chi connectivity index (χ0n) is 14.1. The molecule has 0 bridgehead atoms. The summed E-state index contributed by atoms with van der Waals surface area (Å²) >= 11 is 0. The van der Waals surface area contributed by atoms with E-state index >= 15 is 0 Å². The van der Waals surface area contributed by atoms with Gasteiger partial charge in [-0.05, 0) is 48.9 Å². The van der Waals surface area contributed by atoms with Gasteiger partial charge in [0.05, 0.1) is 11.3 Å². The second-order valence-electron chi connectivity index (χ2n) is 6.11. The predicted molar refractivity (Wildman–Crippen MR) is 99.7 cm³/mol. The third-order valence-electron chi connectivity index (χ3n) is 4.17. The Labute approximate surface area is 149 Å². The monoisotopic (exact) mass is 345 g/mol. The van der Waals surface area contributed by atoms with Crippen LogP contribution in [-0.2, 0) is 0 Å². The third kappa shape index (κ3) is 3.07. The van der Waals surface area contributed by atoms with Crippen LogP contribution in [0.2, 0.25) is 0 Å². The van der Waals surface area contributed by atoms with E-state index in [1.165, 1.54) is 12.1 Å². The minimum Gasteiger partial charge on any atom is -0.322 e. The van der Waals surface area contributed by atoms with Crippen LogP contribution in [0.3, 0.4) is 0 Å². The molecule has 26 heavy (non-hydrogen) atoms. The lowest BCUT2D eigenvalue weighted by Gasteiger charge is -2.06. The molecule has 4 rings (SSSR count). The van der Waals surface area contributed by atoms with Crippen molar-refractivity contribution in [2.45, 2.75) is 6.92 Å². The fourth-order valence-electron chi connectivity index (χ4n) is 2.79. The van der Waals surface area contributed by atoms with E-state index in [-0.39, 0.29) is 5.56 Å². The normalized spacial score (nSPS) is 10.8. The number of nitrogens with one attached hydrogen (secondary N) is 1. The maximum Gasteiger partial charge on any atom is 0.258 e. The number of hydrogen-bond donors (Lipinski definition) is 1. The molecule has 0 fully saturated rings. The van der Waals surface area contributed by atoms with Crippen LogP contribution in [-0.4, -0.2) is 15.3 Å². The highest BCUT2D eigenvalue weighted by Crippen LogP contribution is 2.22. The number of fused-ring (bicyclic) bond motifs is 1. The average Bonchev–Trinajstić information content (AvgIpc) is 3.05. The Balaban J connectivity index is 1.56. The minimum atomic E-state index is -0.540. The van der Waals surface area contributed by atoms with Crippen molar-refractivity contribution < 1.29 is 9.18 Å². The smallest absolute Gasteiger partial charge is 0.258 e. The van der Waals surface area contributed by atoms with Crippen molar-refractivity contribution in [1.82, 2.24) is 9.38 Å². The molecule has 0 aliphatic heterocycles. The number of carbonyl (C=O) groups is 1. The number of nitrogens with zero attached hydrogens (tertiary/aromatic N) is 2. The molecule has 4 aromatic rings. The maximum atomic E-state index is 13.7. The Hall–Kier alpha value is -3.47. The number of aromatic nitrogens is 2. The van der Waals surface area contributed by atoms with E-state index in [0.717, 1.165) is 22.5 Å². The van der Waals surface area contributed by atoms with Crippen molar-refractivity contribution in [1.29, 1.82) is 0 Å². The van der Waals surface area contributed by atoms with Gasteiger partial charge in [0, 0.05) is 23.6 Å². The molecule has 0 radical (unpaired) electrons. The first-order valence-corrected chi connectivity index (χ1v) is 8.22. The van der Waals surface area contributed by atoms with Gasteiger partial charge in [-0.2, -0.15) is 0 Å². The second-order valence-corrected chi connectivity index (χ2v) is 6.11. The van der Waals surface area contributed by atoms with Gasteiger partial charge >= 0.3 is 0 Å². The number of hydrogen-bond acceptors (Lipinski definition) is 2. The van der Waals surface area contributed by atoms with Gasteiger partial charge in [-0.1, -0.05) is 24.3 Å². The van der Waals surface area contributed by atoms with Crippen LogP contribution < -0.4 is 5.32 Å². The molecule has 0 aliphatic carbocycles. The molecule has 0 saturated heterocycles. The first kappa shape index (κ1) is 16.0. The number of anilines is 1. The Morgan fingerprint density at radius 2 is 1.85 bits per heavy atom. The molecule has 5 heteroatoms. The summed E-state index contributed by atoms with van der Waals surface area (Å²) in [6.07, 6.45) is 3.94. The Morgan fingerprint density at radius 3 is 2.62 bits per heavy atom. The second kappa shape index (κ2) is 6.44. The SMILES string of the molecule is Cc1ccn2cc(-c3ccc(NC(=O)c4ccccc4F)cc3)nc2c1. The summed E-state index contributed by atoms with van der Waals surface area (Å²) in [5.74, 6) is -1.01. The van der Waals surface area contributed by atoms with Gasteiger partial charge in [0.2, 0.25) is 0 Å². The minimum absolute atomic E-state index is 0.0206. The Bertz CT molecular complexity index is 1100. The number of rotatable bonds is 3. The summed E-state index contributed by atoms with van der Waals surface area (Å²) in [7, 11) is 0. The number of pyridine rings is 1. The van der Waals surface area contributed by atoms with E-state index in [1.807, 2.05) is 48.0 Å². The van der Waals surface area contributed by atoms with E-state index in [9.17, 15) is 9.18 Å². The summed E-state index contributed by atoms with van der Waals surface area (Å²) in [6, 6.07) is 17.3. The lowest BCUT2D eigenvalue weighted by atomic mass is 10.1. The molecule has 2 heterocycles. The van der Waals surface area contributed by atoms with Gasteiger partial charge in [0.25, 0.3) is 5.91 Å². The van der Waals surface area contributed by atoms with Crippen molar-refractivity contribution in [2.24, 2.45) is 0 Å². The van der Waals surface area contributed by atoms with E-state index in [4.69, 9.17) is 0 Å². The quantitative estimate of drug-likeness (QED) is 0.585. The number of aryl methyl sites for hydroxylation is 1. The van der Waals surface area contributed by atoms with Crippen LogP contribution in [0.4, 0.5) is 10.1 Å². The lowest BCUT2D eigenvalue weighted by Crippen LogP contribution is -2.13. The number of benzene rings is 2. The van der Waals surface area contributed by atoms with Gasteiger partial charge in [-0.3, -0.25) is 4.79 Å². The van der Waals surface area contributed by atoms with Gasteiger partial charge < -0.3 is 9.72 Å². The van der Waals surface area contributed by atoms with E-state index in [0.29, 0.717) is 5.69 Å². The van der Waals surface area contributed by atoms with E-state index in [2.05, 4.69) is 10.3 Å². The summed E-state index contributed by atoms with van der Waals surface area (Å²) in [5.41, 5.74) is 4.45. The van der Waals surface area contributed by atoms with Gasteiger partial charge in [-0.15, -0.1) is 0 Å². The largest absolute Gasteiger partial charge is 0.322 e. The zero-order chi connectivity index (χ0) is 18.1. The van der Waals surface area contributed by atoms with Crippen LogP contribution >= 0.6 is 0 Å². The van der Waals surface area contributed by atoms with Crippen LogP contribution in [0.1, 0.15) is 15.9 Å². The molecule has 4 nitrogen and oxygen atoms in total. The topological polar surface area (TPSA) is 46.4 Å². The first-order chi connectivity index (χ1) is 12.6. The molecule has 1 amide bonds. The molecule has 0 aliphatic rings. The van der Waals surface area contributed by atoms with Crippen molar-refractivity contribution in [3.8, 4) is 11.3 Å². The van der Waals surface area contributed by atoms with Crippen molar-refractivity contribution >= 4 is 17.2 Å². The van der Waals surface area contributed by atoms with E-state index in [1.54, 1.807) is 24.3 Å². The lowest BCUT2D eigenvalue weighted by molar-refractivity contribution is 0.102. The number of amides is 1. The average molecular weight is 345 g/mol. The highest BCUT2D eigenvalue weighted by atomic mass is 19.1. The van der Waals surface area contributed by atoms with Crippen LogP contribution in [0.5, 0.6) is 0 Å². The molecule has 0 saturated carbocycles. The standard InChI is InChI=1S/C21H16FN3O/c1-14-10-11-25-13-19(24-20(25)12-14)15-6-8-16(9-7-15)23-21(26)17-4-2-3-5-18(17)22/h2-13H,1H3,(H,23,26). The molecule has 0 spiro atoms. The maximum absolute atomic E-state index is 13.7. The van der Waals surface area contributed by atoms with Gasteiger partial charge in [0.1, 0.15) is 11.5 Å². The van der Waals surface area contributed by atoms with E-state index < -0.39 is 11.7 Å². The molecule has 0 atom stereocenters. The van der Waals surface area contributed by atoms with Crippen LogP contribution in [0, 0.1) is 12.7 Å².